The lowest BCUT2D eigenvalue weighted by molar-refractivity contribution is 0.0358. The van der Waals surface area contributed by atoms with E-state index in [1.807, 2.05) is 7.11 Å². The van der Waals surface area contributed by atoms with Crippen molar-refractivity contribution in [2.75, 3.05) is 40.0 Å². The summed E-state index contributed by atoms with van der Waals surface area (Å²) in [6, 6.07) is 0. The minimum atomic E-state index is 0.486. The van der Waals surface area contributed by atoms with E-state index in [0.29, 0.717) is 6.10 Å². The van der Waals surface area contributed by atoms with Gasteiger partial charge < -0.3 is 9.47 Å². The van der Waals surface area contributed by atoms with Crippen LogP contribution in [0.3, 0.4) is 0 Å². The third-order valence-corrected chi connectivity index (χ3v) is 3.57. The fourth-order valence-electron chi connectivity index (χ4n) is 2.34. The molecule has 0 bridgehead atoms. The van der Waals surface area contributed by atoms with E-state index in [2.05, 4.69) is 11.8 Å². The zero-order valence-electron chi connectivity index (χ0n) is 11.6. The molecule has 0 aliphatic carbocycles. The Labute approximate surface area is 106 Å². The van der Waals surface area contributed by atoms with Gasteiger partial charge in [0.2, 0.25) is 0 Å². The summed E-state index contributed by atoms with van der Waals surface area (Å²) in [5, 5.41) is 0. The maximum absolute atomic E-state index is 5.51. The topological polar surface area (TPSA) is 21.7 Å². The number of unbranched alkanes of at least 4 members (excludes halogenated alkanes) is 2. The molecule has 3 nitrogen and oxygen atoms in total. The molecule has 1 heterocycles. The zero-order valence-corrected chi connectivity index (χ0v) is 11.6. The molecule has 1 aliphatic rings. The molecule has 1 fully saturated rings. The highest BCUT2D eigenvalue weighted by atomic mass is 16.5. The van der Waals surface area contributed by atoms with Gasteiger partial charge in [-0.15, -0.1) is 0 Å². The van der Waals surface area contributed by atoms with Crippen molar-refractivity contribution < 1.29 is 9.47 Å². The first-order valence-electron chi connectivity index (χ1n) is 7.19. The first-order chi connectivity index (χ1) is 8.36. The Morgan fingerprint density at radius 1 is 1.12 bits per heavy atom. The van der Waals surface area contributed by atoms with E-state index >= 15 is 0 Å². The van der Waals surface area contributed by atoms with Crippen LogP contribution in [-0.4, -0.2) is 51.0 Å². The van der Waals surface area contributed by atoms with Gasteiger partial charge in [0.15, 0.2) is 0 Å². The number of hydrogen-bond acceptors (Lipinski definition) is 3. The number of hydrogen-bond donors (Lipinski definition) is 0. The minimum Gasteiger partial charge on any atom is -0.381 e. The first-order valence-corrected chi connectivity index (χ1v) is 7.19. The number of nitrogens with zero attached hydrogens (tertiary/aromatic N) is 1. The van der Waals surface area contributed by atoms with Crippen LogP contribution in [0.5, 0.6) is 0 Å². The quantitative estimate of drug-likeness (QED) is 0.581. The third kappa shape index (κ3) is 7.02. The van der Waals surface area contributed by atoms with Gasteiger partial charge in [0.05, 0.1) is 19.3 Å². The largest absolute Gasteiger partial charge is 0.381 e. The Kier molecular flexibility index (Phi) is 8.67. The monoisotopic (exact) mass is 243 g/mol. The molecule has 3 heteroatoms. The summed E-state index contributed by atoms with van der Waals surface area (Å²) in [6.45, 7) is 7.53. The summed E-state index contributed by atoms with van der Waals surface area (Å²) in [4.78, 5) is 2.51. The normalized spacial score (nSPS) is 19.4. The number of methoxy groups -OCH3 is 1. The number of morpholine rings is 1. The maximum Gasteiger partial charge on any atom is 0.0594 e. The smallest absolute Gasteiger partial charge is 0.0594 e. The van der Waals surface area contributed by atoms with Gasteiger partial charge in [0.25, 0.3) is 0 Å². The molecule has 0 amide bonds. The van der Waals surface area contributed by atoms with Crippen LogP contribution in [0.15, 0.2) is 0 Å². The van der Waals surface area contributed by atoms with Gasteiger partial charge >= 0.3 is 0 Å². The zero-order chi connectivity index (χ0) is 12.3. The lowest BCUT2D eigenvalue weighted by atomic mass is 10.1. The van der Waals surface area contributed by atoms with Crippen molar-refractivity contribution in [1.82, 2.24) is 4.90 Å². The van der Waals surface area contributed by atoms with Crippen LogP contribution in [0.4, 0.5) is 0 Å². The van der Waals surface area contributed by atoms with Crippen LogP contribution < -0.4 is 0 Å². The van der Waals surface area contributed by atoms with Gasteiger partial charge in [0.1, 0.15) is 0 Å². The highest BCUT2D eigenvalue weighted by molar-refractivity contribution is 4.63. The van der Waals surface area contributed by atoms with E-state index in [-0.39, 0.29) is 0 Å². The predicted octanol–water partition coefficient (Wildman–Crippen LogP) is 2.69. The fourth-order valence-corrected chi connectivity index (χ4v) is 2.34. The van der Waals surface area contributed by atoms with Crippen LogP contribution in [-0.2, 0) is 9.47 Å². The molecular weight excluding hydrogens is 214 g/mol. The van der Waals surface area contributed by atoms with Crippen LogP contribution in [0.25, 0.3) is 0 Å². The van der Waals surface area contributed by atoms with Crippen molar-refractivity contribution in [3.63, 3.8) is 0 Å². The summed E-state index contributed by atoms with van der Waals surface area (Å²) >= 11 is 0. The highest BCUT2D eigenvalue weighted by Crippen LogP contribution is 2.12. The Morgan fingerprint density at radius 2 is 1.82 bits per heavy atom. The van der Waals surface area contributed by atoms with Gasteiger partial charge in [-0.25, -0.2) is 0 Å². The first kappa shape index (κ1) is 14.9. The Morgan fingerprint density at radius 3 is 2.47 bits per heavy atom. The van der Waals surface area contributed by atoms with Gasteiger partial charge in [-0.1, -0.05) is 19.8 Å². The average Bonchev–Trinajstić information content (AvgIpc) is 2.39. The van der Waals surface area contributed by atoms with Crippen LogP contribution >= 0.6 is 0 Å². The summed E-state index contributed by atoms with van der Waals surface area (Å²) in [7, 11) is 1.85. The van der Waals surface area contributed by atoms with Crippen molar-refractivity contribution in [2.45, 2.75) is 51.6 Å². The molecule has 0 aromatic rings. The Balaban J connectivity index is 1.97. The summed E-state index contributed by atoms with van der Waals surface area (Å²) < 4.78 is 10.9. The molecule has 1 rings (SSSR count). The SMILES string of the molecule is CCCC[C@@H](CCCCN1CCOCC1)OC. The van der Waals surface area contributed by atoms with Gasteiger partial charge in [-0.2, -0.15) is 0 Å². The van der Waals surface area contributed by atoms with E-state index in [1.165, 1.54) is 45.1 Å². The lowest BCUT2D eigenvalue weighted by Crippen LogP contribution is -2.36. The molecule has 0 saturated carbocycles. The molecule has 0 radical (unpaired) electrons. The van der Waals surface area contributed by atoms with E-state index in [0.717, 1.165) is 26.3 Å². The molecule has 0 spiro atoms. The summed E-state index contributed by atoms with van der Waals surface area (Å²) in [6.07, 6.45) is 8.09. The predicted molar refractivity (Wildman–Crippen MR) is 71.4 cm³/mol. The molecule has 1 atom stereocenters. The maximum atomic E-state index is 5.51. The second-order valence-corrected chi connectivity index (χ2v) is 4.95. The second kappa shape index (κ2) is 9.86. The Bertz CT molecular complexity index is 170. The lowest BCUT2D eigenvalue weighted by Gasteiger charge is -2.26. The number of rotatable bonds is 9. The highest BCUT2D eigenvalue weighted by Gasteiger charge is 2.10. The van der Waals surface area contributed by atoms with Gasteiger partial charge in [-0.3, -0.25) is 4.90 Å². The van der Waals surface area contributed by atoms with Crippen molar-refractivity contribution in [2.24, 2.45) is 0 Å². The second-order valence-electron chi connectivity index (χ2n) is 4.95. The van der Waals surface area contributed by atoms with Crippen LogP contribution in [0.1, 0.15) is 45.4 Å². The molecular formula is C14H29NO2. The molecule has 0 aromatic carbocycles. The Hall–Kier alpha value is -0.120. The van der Waals surface area contributed by atoms with E-state index in [4.69, 9.17) is 9.47 Å². The number of ether oxygens (including phenoxy) is 2. The molecule has 1 saturated heterocycles. The minimum absolute atomic E-state index is 0.486. The molecule has 1 aliphatic heterocycles. The van der Waals surface area contributed by atoms with E-state index in [9.17, 15) is 0 Å². The van der Waals surface area contributed by atoms with Gasteiger partial charge in [-0.05, 0) is 32.2 Å². The molecule has 102 valence electrons. The molecule has 0 aromatic heterocycles. The summed E-state index contributed by atoms with van der Waals surface area (Å²) in [5.41, 5.74) is 0. The van der Waals surface area contributed by atoms with E-state index in [1.54, 1.807) is 0 Å². The average molecular weight is 243 g/mol. The third-order valence-electron chi connectivity index (χ3n) is 3.57. The molecule has 17 heavy (non-hydrogen) atoms. The molecule has 0 N–H and O–H groups in total. The van der Waals surface area contributed by atoms with Crippen LogP contribution in [0.2, 0.25) is 0 Å². The fraction of sp³-hybridized carbons (Fsp3) is 1.00. The van der Waals surface area contributed by atoms with Crippen molar-refractivity contribution in [3.8, 4) is 0 Å². The van der Waals surface area contributed by atoms with Crippen molar-refractivity contribution >= 4 is 0 Å². The standard InChI is InChI=1S/C14H29NO2/c1-3-4-7-14(16-2)8-5-6-9-15-10-12-17-13-11-15/h14H,3-13H2,1-2H3/t14-/m0/s1. The van der Waals surface area contributed by atoms with Crippen molar-refractivity contribution in [3.05, 3.63) is 0 Å². The van der Waals surface area contributed by atoms with E-state index < -0.39 is 0 Å². The summed E-state index contributed by atoms with van der Waals surface area (Å²) in [5.74, 6) is 0. The molecule has 0 unspecified atom stereocenters. The van der Waals surface area contributed by atoms with Crippen molar-refractivity contribution in [1.29, 1.82) is 0 Å². The van der Waals surface area contributed by atoms with Crippen LogP contribution in [0, 0.1) is 0 Å². The van der Waals surface area contributed by atoms with Gasteiger partial charge in [0, 0.05) is 20.2 Å².